The van der Waals surface area contributed by atoms with Gasteiger partial charge in [0.05, 0.1) is 27.9 Å². The van der Waals surface area contributed by atoms with Crippen molar-refractivity contribution in [2.75, 3.05) is 0 Å². The van der Waals surface area contributed by atoms with E-state index in [2.05, 4.69) is 16.0 Å². The van der Waals surface area contributed by atoms with Crippen molar-refractivity contribution < 1.29 is 0 Å². The van der Waals surface area contributed by atoms with Crippen LogP contribution in [0.3, 0.4) is 0 Å². The van der Waals surface area contributed by atoms with E-state index in [1.165, 1.54) is 0 Å². The minimum atomic E-state index is -0.282. The summed E-state index contributed by atoms with van der Waals surface area (Å²) in [5.41, 5.74) is 3.80. The third-order valence-electron chi connectivity index (χ3n) is 5.10. The fraction of sp³-hybridized carbons (Fsp3) is 0. The molecule has 152 valence electrons. The van der Waals surface area contributed by atoms with Crippen LogP contribution in [0, 0.1) is 11.3 Å². The molecule has 0 atom stereocenters. The molecule has 0 saturated carbocycles. The molecule has 0 aliphatic carbocycles. The number of fused-ring (bicyclic) bond motifs is 1. The van der Waals surface area contributed by atoms with Gasteiger partial charge in [-0.25, -0.2) is 9.67 Å². The number of H-pyrrole nitrogens is 1. The number of nitrogens with zero attached hydrogens (tertiary/aromatic N) is 4. The number of aromatic amines is 1. The Hall–Kier alpha value is -4.76. The molecule has 6 heteroatoms. The predicted molar refractivity (Wildman–Crippen MR) is 125 cm³/mol. The van der Waals surface area contributed by atoms with Crippen molar-refractivity contribution in [2.45, 2.75) is 0 Å². The summed E-state index contributed by atoms with van der Waals surface area (Å²) in [5, 5.41) is 15.1. The molecular formula is C26H17N5O. The molecule has 5 rings (SSSR count). The van der Waals surface area contributed by atoms with Crippen LogP contribution in [0.4, 0.5) is 0 Å². The normalized spacial score (nSPS) is 11.4. The largest absolute Gasteiger partial charge is 0.305 e. The second-order valence-electron chi connectivity index (χ2n) is 7.18. The molecule has 3 aromatic carbocycles. The van der Waals surface area contributed by atoms with E-state index in [9.17, 15) is 10.1 Å². The number of rotatable bonds is 4. The van der Waals surface area contributed by atoms with Gasteiger partial charge in [0.15, 0.2) is 5.82 Å². The first-order chi connectivity index (χ1) is 15.7. The van der Waals surface area contributed by atoms with Crippen LogP contribution in [-0.2, 0) is 0 Å². The zero-order valence-corrected chi connectivity index (χ0v) is 16.9. The second kappa shape index (κ2) is 8.17. The molecule has 1 N–H and O–H groups in total. The Labute approximate surface area is 183 Å². The van der Waals surface area contributed by atoms with Gasteiger partial charge in [-0.1, -0.05) is 60.7 Å². The lowest BCUT2D eigenvalue weighted by molar-refractivity contribution is 0.884. The second-order valence-corrected chi connectivity index (χ2v) is 7.18. The van der Waals surface area contributed by atoms with Crippen molar-refractivity contribution >= 4 is 22.6 Å². The number of hydrogen-bond acceptors (Lipinski definition) is 4. The highest BCUT2D eigenvalue weighted by Gasteiger charge is 2.14. The summed E-state index contributed by atoms with van der Waals surface area (Å²) < 4.78 is 1.78. The van der Waals surface area contributed by atoms with Crippen LogP contribution >= 0.6 is 0 Å². The Kier molecular flexibility index (Phi) is 4.91. The maximum absolute atomic E-state index is 12.5. The van der Waals surface area contributed by atoms with E-state index < -0.39 is 0 Å². The number of para-hydroxylation sites is 2. The van der Waals surface area contributed by atoms with Crippen molar-refractivity contribution in [1.82, 2.24) is 19.7 Å². The summed E-state index contributed by atoms with van der Waals surface area (Å²) >= 11 is 0. The van der Waals surface area contributed by atoms with Crippen LogP contribution in [0.2, 0.25) is 0 Å². The zero-order chi connectivity index (χ0) is 21.9. The molecule has 0 radical (unpaired) electrons. The molecule has 0 fully saturated rings. The first kappa shape index (κ1) is 19.2. The van der Waals surface area contributed by atoms with E-state index in [0.29, 0.717) is 10.9 Å². The van der Waals surface area contributed by atoms with Gasteiger partial charge < -0.3 is 4.98 Å². The maximum atomic E-state index is 12.5. The van der Waals surface area contributed by atoms with E-state index >= 15 is 0 Å². The maximum Gasteiger partial charge on any atom is 0.259 e. The van der Waals surface area contributed by atoms with Gasteiger partial charge in [0, 0.05) is 17.3 Å². The highest BCUT2D eigenvalue weighted by Crippen LogP contribution is 2.27. The number of benzene rings is 3. The number of aromatic nitrogens is 4. The van der Waals surface area contributed by atoms with Gasteiger partial charge in [0.25, 0.3) is 5.56 Å². The van der Waals surface area contributed by atoms with Crippen LogP contribution in [0.1, 0.15) is 11.4 Å². The number of nitriles is 1. The summed E-state index contributed by atoms with van der Waals surface area (Å²) in [7, 11) is 0. The first-order valence-corrected chi connectivity index (χ1v) is 10.0. The Balaban J connectivity index is 1.69. The molecule has 0 aliphatic rings. The Morgan fingerprint density at radius 3 is 2.38 bits per heavy atom. The summed E-state index contributed by atoms with van der Waals surface area (Å²) in [5.74, 6) is 0.225. The number of allylic oxidation sites excluding steroid dienone is 1. The van der Waals surface area contributed by atoms with Crippen molar-refractivity contribution in [1.29, 1.82) is 5.26 Å². The molecule has 2 heterocycles. The molecule has 0 saturated heterocycles. The van der Waals surface area contributed by atoms with Crippen molar-refractivity contribution in [2.24, 2.45) is 0 Å². The monoisotopic (exact) mass is 415 g/mol. The zero-order valence-electron chi connectivity index (χ0n) is 16.9. The van der Waals surface area contributed by atoms with Gasteiger partial charge in [0.2, 0.25) is 0 Å². The molecule has 32 heavy (non-hydrogen) atoms. The van der Waals surface area contributed by atoms with Crippen LogP contribution in [0.15, 0.2) is 95.9 Å². The lowest BCUT2D eigenvalue weighted by atomic mass is 10.1. The average Bonchev–Trinajstić information content (AvgIpc) is 3.27. The third-order valence-corrected chi connectivity index (χ3v) is 5.10. The van der Waals surface area contributed by atoms with E-state index in [4.69, 9.17) is 5.10 Å². The van der Waals surface area contributed by atoms with Crippen molar-refractivity contribution in [3.63, 3.8) is 0 Å². The van der Waals surface area contributed by atoms with Gasteiger partial charge in [-0.05, 0) is 30.3 Å². The van der Waals surface area contributed by atoms with Gasteiger partial charge in [-0.15, -0.1) is 0 Å². The van der Waals surface area contributed by atoms with Gasteiger partial charge >= 0.3 is 0 Å². The molecule has 2 aromatic heterocycles. The lowest BCUT2D eigenvalue weighted by Crippen LogP contribution is -2.11. The smallest absolute Gasteiger partial charge is 0.259 e. The van der Waals surface area contributed by atoms with Crippen molar-refractivity contribution in [3.05, 3.63) is 113 Å². The number of hydrogen-bond donors (Lipinski definition) is 1. The van der Waals surface area contributed by atoms with Crippen LogP contribution in [-0.4, -0.2) is 19.7 Å². The fourth-order valence-electron chi connectivity index (χ4n) is 3.55. The summed E-state index contributed by atoms with van der Waals surface area (Å²) in [6.45, 7) is 0. The van der Waals surface area contributed by atoms with E-state index in [-0.39, 0.29) is 17.0 Å². The summed E-state index contributed by atoms with van der Waals surface area (Å²) in [6, 6.07) is 28.8. The standard InChI is InChI=1S/C26H17N5O/c27-16-19(25-28-23-14-8-7-13-22(23)26(32)29-25)15-20-17-31(21-11-5-2-6-12-21)30-24(20)18-9-3-1-4-10-18/h1-15,17H,(H,28,29,32)/b19-15+. The summed E-state index contributed by atoms with van der Waals surface area (Å²) in [6.07, 6.45) is 3.58. The fourth-order valence-corrected chi connectivity index (χ4v) is 3.55. The molecule has 6 nitrogen and oxygen atoms in total. The predicted octanol–water partition coefficient (Wildman–Crippen LogP) is 4.84. The minimum Gasteiger partial charge on any atom is -0.305 e. The molecule has 0 aliphatic heterocycles. The van der Waals surface area contributed by atoms with E-state index in [1.54, 1.807) is 29.0 Å². The molecule has 0 unspecified atom stereocenters. The third kappa shape index (κ3) is 3.59. The Morgan fingerprint density at radius 2 is 1.62 bits per heavy atom. The average molecular weight is 415 g/mol. The molecule has 0 bridgehead atoms. The SMILES string of the molecule is N#C/C(=C\c1cn(-c2ccccc2)nc1-c1ccccc1)c1nc2ccccc2c(=O)[nH]1. The topological polar surface area (TPSA) is 87.4 Å². The number of nitrogens with one attached hydrogen (secondary N) is 1. The van der Waals surface area contributed by atoms with Crippen LogP contribution in [0.5, 0.6) is 0 Å². The van der Waals surface area contributed by atoms with Crippen LogP contribution < -0.4 is 5.56 Å². The lowest BCUT2D eigenvalue weighted by Gasteiger charge is -2.02. The van der Waals surface area contributed by atoms with Gasteiger partial charge in [0.1, 0.15) is 6.07 Å². The Bertz CT molecular complexity index is 1540. The molecule has 0 amide bonds. The minimum absolute atomic E-state index is 0.225. The molecule has 5 aromatic rings. The van der Waals surface area contributed by atoms with E-state index in [1.807, 2.05) is 72.9 Å². The summed E-state index contributed by atoms with van der Waals surface area (Å²) in [4.78, 5) is 19.7. The highest BCUT2D eigenvalue weighted by atomic mass is 16.1. The molecular weight excluding hydrogens is 398 g/mol. The molecule has 0 spiro atoms. The Morgan fingerprint density at radius 1 is 0.938 bits per heavy atom. The quantitative estimate of drug-likeness (QED) is 0.426. The van der Waals surface area contributed by atoms with Crippen molar-refractivity contribution in [3.8, 4) is 23.0 Å². The van der Waals surface area contributed by atoms with Gasteiger partial charge in [-0.2, -0.15) is 10.4 Å². The van der Waals surface area contributed by atoms with Crippen LogP contribution in [0.25, 0.3) is 39.5 Å². The highest BCUT2D eigenvalue weighted by molar-refractivity contribution is 5.91. The first-order valence-electron chi connectivity index (χ1n) is 10.0. The van der Waals surface area contributed by atoms with E-state index in [0.717, 1.165) is 22.5 Å². The van der Waals surface area contributed by atoms with Gasteiger partial charge in [-0.3, -0.25) is 4.79 Å².